The van der Waals surface area contributed by atoms with Gasteiger partial charge in [0.05, 0.1) is 46.1 Å². The maximum absolute atomic E-state index is 11.1. The molecule has 0 spiro atoms. The van der Waals surface area contributed by atoms with E-state index in [9.17, 15) is 9.59 Å². The summed E-state index contributed by atoms with van der Waals surface area (Å²) in [5.41, 5.74) is 13.7. The van der Waals surface area contributed by atoms with E-state index in [1.165, 1.54) is 29.8 Å². The van der Waals surface area contributed by atoms with Crippen LogP contribution in [0.15, 0.2) is 120 Å². The number of hydrogen-bond donors (Lipinski definition) is 10. The van der Waals surface area contributed by atoms with Crippen molar-refractivity contribution in [3.8, 4) is 36.5 Å². The largest absolute Gasteiger partial charge is 0.478 e. The van der Waals surface area contributed by atoms with E-state index in [1.54, 1.807) is 14.2 Å². The SMILES string of the molecule is C#CCNC(C)(C)C.C#Cc1ccc(CNC(C)(C)C)cc1.C=CCNC(C)(C)C.CC(C)(C)N1C(=O)CCC1=O.CC(C)(C)NCC(OCc1ccccc1)OCc1ccccc1.CC(C)(C)NCC1=NCCO1.CC(C)(C)NCC1CC2C=CC1C2.CC(C)(C)NCN=[N+]=[N-].CCC#CCNC(C)(C)C.CCNC(C)(C)C.COC(CNC(C)(C)C)OC. The highest BCUT2D eigenvalue weighted by molar-refractivity contribution is 6.02. The molecular formula is C103H185N15O7. The normalized spacial score (nSPS) is 15.4. The summed E-state index contributed by atoms with van der Waals surface area (Å²) in [7, 11) is 3.27. The summed E-state index contributed by atoms with van der Waals surface area (Å²) in [6.45, 7) is 88.0. The maximum atomic E-state index is 11.1. The minimum atomic E-state index is -0.343. The van der Waals surface area contributed by atoms with Gasteiger partial charge < -0.3 is 76.9 Å². The van der Waals surface area contributed by atoms with Gasteiger partial charge >= 0.3 is 0 Å². The van der Waals surface area contributed by atoms with Crippen molar-refractivity contribution >= 4 is 17.7 Å². The number of rotatable bonds is 25. The minimum absolute atomic E-state index is 0.0322. The van der Waals surface area contributed by atoms with Crippen LogP contribution < -0.4 is 53.2 Å². The molecule has 7 rings (SSSR count). The number of imide groups is 1. The molecule has 22 heteroatoms. The first kappa shape index (κ1) is 124. The summed E-state index contributed by atoms with van der Waals surface area (Å²) >= 11 is 0. The van der Waals surface area contributed by atoms with Gasteiger partial charge in [0.15, 0.2) is 18.5 Å². The van der Waals surface area contributed by atoms with Crippen molar-refractivity contribution in [3.63, 3.8) is 0 Å². The zero-order chi connectivity index (χ0) is 97.0. The third kappa shape index (κ3) is 85.1. The summed E-state index contributed by atoms with van der Waals surface area (Å²) in [6, 6.07) is 28.4. The van der Waals surface area contributed by atoms with E-state index >= 15 is 0 Å². The van der Waals surface area contributed by atoms with Crippen LogP contribution in [0.4, 0.5) is 0 Å². The van der Waals surface area contributed by atoms with Gasteiger partial charge in [0.25, 0.3) is 0 Å². The van der Waals surface area contributed by atoms with Crippen LogP contribution >= 0.6 is 0 Å². The standard InChI is InChI=1S/C20H27NO2.C13H17N.C12H21N.C9H17N.C8H16N2O.C8H13NO2.C8H19NO2.C7H15N.C7H13N.C6H15N.C5H12N4/c1-20(2,3)21-14-19(22-15-17-10-6-4-7-11-17)23-16-18-12-8-5-9-13-18;1-5-11-6-8-12(9-7-11)10-14-13(2,3)4;1-12(2,3)13-8-11-7-9-4-5-10(11)6-9;1-5-6-7-8-10-9(2,3)4;1-8(2,3)10-6-7-9-4-5-11-7;1-8(2,3)9-6(10)4-5-7(9)11;1-8(2,3)9-6-7(10-4)11-5;2*1-5-6-8-7(2,3)4;1-5-7-6(2,3)4;1-5(2,3)7-4-8-9-6/h4-13,19,21H,14-16H2,1-3H3;1,6-9,14H,10H2,2-4H3;4-5,9-11,13H,6-8H2,1-3H3;10H,5,8H2,1-4H3;10H,4-6H2,1-3H3;4-5H2,1-3H3;7,9H,6H2,1-5H3;5,8H,1,6H2,2-4H3;1,8H,6H2,2-4H3;7H,5H2,1-4H3;7H,4H2,1-3H3. The van der Waals surface area contributed by atoms with Crippen LogP contribution in [0.2, 0.25) is 0 Å². The number of azide groups is 1. The number of nitrogens with zero attached hydrogens (tertiary/aromatic N) is 5. The Kier molecular flexibility index (Phi) is 64.6. The highest BCUT2D eigenvalue weighted by atomic mass is 16.7. The van der Waals surface area contributed by atoms with Crippen LogP contribution in [0.1, 0.15) is 297 Å². The molecule has 3 unspecified atom stereocenters. The molecule has 1 saturated carbocycles. The summed E-state index contributed by atoms with van der Waals surface area (Å²) in [6.07, 6.45) is 21.2. The number of terminal acetylenes is 2. The van der Waals surface area contributed by atoms with E-state index in [2.05, 4.69) is 348 Å². The van der Waals surface area contributed by atoms with Crippen molar-refractivity contribution in [1.82, 2.24) is 58.1 Å². The van der Waals surface area contributed by atoms with Crippen LogP contribution in [-0.2, 0) is 53.0 Å². The van der Waals surface area contributed by atoms with Crippen molar-refractivity contribution in [2.45, 2.75) is 368 Å². The molecular weight excluding hydrogens is 1560 g/mol. The predicted molar refractivity (Wildman–Crippen MR) is 535 cm³/mol. The first-order chi connectivity index (χ1) is 57.4. The molecule has 0 radical (unpaired) electrons. The zero-order valence-corrected chi connectivity index (χ0v) is 86.1. The Labute approximate surface area is 765 Å². The fourth-order valence-electron chi connectivity index (χ4n) is 10.6. The van der Waals surface area contributed by atoms with Gasteiger partial charge in [-0.2, -0.15) is 0 Å². The summed E-state index contributed by atoms with van der Waals surface area (Å²) in [5, 5.41) is 36.4. The molecule has 125 heavy (non-hydrogen) atoms. The third-order valence-corrected chi connectivity index (χ3v) is 17.0. The molecule has 2 aliphatic heterocycles. The van der Waals surface area contributed by atoms with E-state index in [0.29, 0.717) is 51.4 Å². The van der Waals surface area contributed by atoms with Crippen LogP contribution in [0.3, 0.4) is 0 Å². The van der Waals surface area contributed by atoms with E-state index in [1.807, 2.05) is 96.1 Å². The number of benzene rings is 3. The quantitative estimate of drug-likeness (QED) is 0.00719. The number of methoxy groups -OCH3 is 2. The fourth-order valence-corrected chi connectivity index (χ4v) is 10.6. The molecule has 2 amide bonds. The molecule has 4 aliphatic rings. The lowest BCUT2D eigenvalue weighted by Crippen LogP contribution is -2.44. The Balaban J connectivity index is -0.000000656. The molecule has 22 nitrogen and oxygen atoms in total. The Morgan fingerprint density at radius 2 is 0.960 bits per heavy atom. The van der Waals surface area contributed by atoms with Gasteiger partial charge in [-0.25, -0.2) is 0 Å². The molecule has 2 heterocycles. The van der Waals surface area contributed by atoms with Crippen molar-refractivity contribution in [1.29, 1.82) is 0 Å². The van der Waals surface area contributed by atoms with E-state index in [-0.39, 0.29) is 79.8 Å². The number of hydrogen-bond acceptors (Lipinski definition) is 19. The molecule has 1 saturated heterocycles. The summed E-state index contributed by atoms with van der Waals surface area (Å²) < 4.78 is 27.2. The van der Waals surface area contributed by atoms with Gasteiger partial charge in [0.2, 0.25) is 11.8 Å². The highest BCUT2D eigenvalue weighted by Crippen LogP contribution is 2.43. The van der Waals surface area contributed by atoms with Gasteiger partial charge in [0, 0.05) is 131 Å². The monoisotopic (exact) mass is 1740 g/mol. The van der Waals surface area contributed by atoms with E-state index in [0.717, 1.165) is 99.2 Å². The summed E-state index contributed by atoms with van der Waals surface area (Å²) in [5.74, 6) is 14.6. The minimum Gasteiger partial charge on any atom is -0.478 e. The first-order valence-electron chi connectivity index (χ1n) is 45.0. The molecule has 3 atom stereocenters. The number of ether oxygens (including phenoxy) is 5. The number of carbonyl (C=O) groups is 2. The van der Waals surface area contributed by atoms with Crippen LogP contribution in [0.25, 0.3) is 10.4 Å². The van der Waals surface area contributed by atoms with Gasteiger partial charge in [0.1, 0.15) is 6.61 Å². The van der Waals surface area contributed by atoms with Gasteiger partial charge in [-0.3, -0.25) is 19.5 Å². The molecule has 2 bridgehead atoms. The Hall–Kier alpha value is -6.82. The molecule has 714 valence electrons. The second kappa shape index (κ2) is 64.8. The lowest BCUT2D eigenvalue weighted by atomic mass is 9.92. The lowest BCUT2D eigenvalue weighted by Gasteiger charge is -2.29. The van der Waals surface area contributed by atoms with Crippen LogP contribution in [0.5, 0.6) is 0 Å². The number of carbonyl (C=O) groups excluding carboxylic acids is 2. The molecule has 3 aromatic carbocycles. The van der Waals surface area contributed by atoms with E-state index < -0.39 is 0 Å². The average molecular weight is 1750 g/mol. The smallest absolute Gasteiger partial charge is 0.230 e. The number of likely N-dealkylation sites (tertiary alicyclic amines) is 1. The van der Waals surface area contributed by atoms with Crippen molar-refractivity contribution in [2.75, 3.05) is 86.4 Å². The average Bonchev–Trinajstić information content (AvgIpc) is 1.68. The molecule has 2 fully saturated rings. The number of allylic oxidation sites excluding steroid dienone is 2. The summed E-state index contributed by atoms with van der Waals surface area (Å²) in [4.78, 5) is 30.4. The van der Waals surface area contributed by atoms with Crippen molar-refractivity contribution in [2.24, 2.45) is 27.9 Å². The van der Waals surface area contributed by atoms with Crippen molar-refractivity contribution in [3.05, 3.63) is 142 Å². The fraction of sp³-hybridized carbons (Fsp3) is 0.699. The number of fused-ring (bicyclic) bond motifs is 2. The Morgan fingerprint density at radius 3 is 1.27 bits per heavy atom. The van der Waals surface area contributed by atoms with Crippen LogP contribution in [-0.4, -0.2) is 183 Å². The Bertz CT molecular complexity index is 3470. The second-order valence-corrected chi connectivity index (χ2v) is 42.5. The molecule has 3 aromatic rings. The number of nitrogens with one attached hydrogen (secondary N) is 10. The van der Waals surface area contributed by atoms with E-state index in [4.69, 9.17) is 42.1 Å². The highest BCUT2D eigenvalue weighted by Gasteiger charge is 2.37. The lowest BCUT2D eigenvalue weighted by molar-refractivity contribution is -0.155. The predicted octanol–water partition coefficient (Wildman–Crippen LogP) is 19.4. The molecule has 10 N–H and O–H groups in total. The topological polar surface area (TPSA) is 265 Å². The number of amides is 2. The maximum Gasteiger partial charge on any atom is 0.230 e. The van der Waals surface area contributed by atoms with Crippen molar-refractivity contribution < 1.29 is 33.3 Å². The molecule has 2 aliphatic carbocycles. The second-order valence-electron chi connectivity index (χ2n) is 42.5. The van der Waals surface area contributed by atoms with Crippen LogP contribution in [0, 0.1) is 54.3 Å². The van der Waals surface area contributed by atoms with Gasteiger partial charge in [-0.15, -0.1) is 25.3 Å². The first-order valence-corrected chi connectivity index (χ1v) is 45.0. The van der Waals surface area contributed by atoms with Gasteiger partial charge in [-0.1, -0.05) is 128 Å². The Morgan fingerprint density at radius 1 is 0.528 bits per heavy atom. The van der Waals surface area contributed by atoms with Gasteiger partial charge in [-0.05, 0) is 307 Å². The number of aliphatic imine (C=N–C) groups is 1. The molecule has 0 aromatic heterocycles. The third-order valence-electron chi connectivity index (χ3n) is 17.0. The zero-order valence-electron chi connectivity index (χ0n) is 86.1.